The fourth-order valence-electron chi connectivity index (χ4n) is 2.18. The maximum Gasteiger partial charge on any atom is 0.243 e. The van der Waals surface area contributed by atoms with Crippen LogP contribution in [-0.4, -0.2) is 19.0 Å². The lowest BCUT2D eigenvalue weighted by atomic mass is 10.1. The van der Waals surface area contributed by atoms with Crippen LogP contribution in [0.4, 0.5) is 11.4 Å². The van der Waals surface area contributed by atoms with E-state index in [1.807, 2.05) is 6.07 Å². The molecular formula is C14H17N3O. The highest BCUT2D eigenvalue weighted by Gasteiger charge is 2.21. The Morgan fingerprint density at radius 1 is 1.44 bits per heavy atom. The minimum Gasteiger partial charge on any atom is -0.361 e. The van der Waals surface area contributed by atoms with Gasteiger partial charge in [0.05, 0.1) is 29.6 Å². The van der Waals surface area contributed by atoms with E-state index in [-0.39, 0.29) is 5.91 Å². The van der Waals surface area contributed by atoms with Crippen LogP contribution in [0, 0.1) is 11.3 Å². The topological polar surface area (TPSA) is 56.1 Å². The Balaban J connectivity index is 2.20. The lowest BCUT2D eigenvalue weighted by molar-refractivity contribution is -0.115. The summed E-state index contributed by atoms with van der Waals surface area (Å²) in [5, 5.41) is 11.7. The van der Waals surface area contributed by atoms with E-state index in [2.05, 4.69) is 23.2 Å². The number of hydrogen-bond acceptors (Lipinski definition) is 3. The second-order valence-corrected chi connectivity index (χ2v) is 4.52. The number of carbonyl (C=O) groups is 1. The second kappa shape index (κ2) is 5.54. The van der Waals surface area contributed by atoms with E-state index < -0.39 is 0 Å². The smallest absolute Gasteiger partial charge is 0.243 e. The van der Waals surface area contributed by atoms with Gasteiger partial charge >= 0.3 is 0 Å². The summed E-state index contributed by atoms with van der Waals surface area (Å²) in [6, 6.07) is 7.54. The Labute approximate surface area is 107 Å². The summed E-state index contributed by atoms with van der Waals surface area (Å²) in [7, 11) is 0. The fourth-order valence-corrected chi connectivity index (χ4v) is 2.18. The van der Waals surface area contributed by atoms with Gasteiger partial charge in [-0.25, -0.2) is 0 Å². The van der Waals surface area contributed by atoms with E-state index in [1.165, 1.54) is 12.8 Å². The number of hydrogen-bond donors (Lipinski definition) is 1. The van der Waals surface area contributed by atoms with Crippen molar-refractivity contribution in [3.63, 3.8) is 0 Å². The predicted molar refractivity (Wildman–Crippen MR) is 71.5 cm³/mol. The first kappa shape index (κ1) is 12.4. The van der Waals surface area contributed by atoms with Crippen molar-refractivity contribution < 1.29 is 4.79 Å². The summed E-state index contributed by atoms with van der Waals surface area (Å²) < 4.78 is 0. The Hall–Kier alpha value is -2.02. The number of fused-ring (bicyclic) bond motifs is 1. The third-order valence-electron chi connectivity index (χ3n) is 3.11. The SMILES string of the molecule is CCCCCN1CC(=O)Nc2cc(C#N)ccc21. The standard InChI is InChI=1S/C14H17N3O/c1-2-3-4-7-17-10-14(18)16-12-8-11(9-15)5-6-13(12)17/h5-6,8H,2-4,7,10H2,1H3,(H,16,18). The van der Waals surface area contributed by atoms with Gasteiger partial charge in [-0.3, -0.25) is 4.79 Å². The van der Waals surface area contributed by atoms with Crippen molar-refractivity contribution in [3.8, 4) is 6.07 Å². The van der Waals surface area contributed by atoms with Crippen LogP contribution in [0.3, 0.4) is 0 Å². The van der Waals surface area contributed by atoms with Gasteiger partial charge in [0.25, 0.3) is 0 Å². The van der Waals surface area contributed by atoms with Crippen LogP contribution in [0.25, 0.3) is 0 Å². The van der Waals surface area contributed by atoms with Gasteiger partial charge in [-0.1, -0.05) is 19.8 Å². The van der Waals surface area contributed by atoms with Crippen molar-refractivity contribution in [2.75, 3.05) is 23.3 Å². The van der Waals surface area contributed by atoms with Gasteiger partial charge in [-0.05, 0) is 24.6 Å². The molecule has 0 unspecified atom stereocenters. The zero-order valence-corrected chi connectivity index (χ0v) is 10.6. The van der Waals surface area contributed by atoms with Crippen LogP contribution in [0.5, 0.6) is 0 Å². The number of unbranched alkanes of at least 4 members (excludes halogenated alkanes) is 2. The number of nitrogens with one attached hydrogen (secondary N) is 1. The quantitative estimate of drug-likeness (QED) is 0.827. The van der Waals surface area contributed by atoms with Crippen LogP contribution in [0.15, 0.2) is 18.2 Å². The van der Waals surface area contributed by atoms with Crippen LogP contribution < -0.4 is 10.2 Å². The van der Waals surface area contributed by atoms with E-state index >= 15 is 0 Å². The number of carbonyl (C=O) groups excluding carboxylic acids is 1. The van der Waals surface area contributed by atoms with Gasteiger partial charge < -0.3 is 10.2 Å². The van der Waals surface area contributed by atoms with Crippen LogP contribution in [-0.2, 0) is 4.79 Å². The lowest BCUT2D eigenvalue weighted by Gasteiger charge is -2.31. The number of nitrogens with zero attached hydrogens (tertiary/aromatic N) is 2. The average Bonchev–Trinajstić information content (AvgIpc) is 2.38. The number of rotatable bonds is 4. The molecule has 94 valence electrons. The zero-order chi connectivity index (χ0) is 13.0. The Morgan fingerprint density at radius 3 is 3.00 bits per heavy atom. The molecule has 1 N–H and O–H groups in total. The van der Waals surface area contributed by atoms with E-state index in [1.54, 1.807) is 12.1 Å². The van der Waals surface area contributed by atoms with E-state index in [0.717, 1.165) is 24.3 Å². The van der Waals surface area contributed by atoms with Crippen molar-refractivity contribution in [2.45, 2.75) is 26.2 Å². The monoisotopic (exact) mass is 243 g/mol. The minimum absolute atomic E-state index is 0.00547. The molecule has 1 aliphatic heterocycles. The fraction of sp³-hybridized carbons (Fsp3) is 0.429. The van der Waals surface area contributed by atoms with Crippen LogP contribution in [0.2, 0.25) is 0 Å². The van der Waals surface area contributed by atoms with Gasteiger partial charge in [-0.15, -0.1) is 0 Å². The molecule has 1 aromatic carbocycles. The molecule has 0 bridgehead atoms. The third kappa shape index (κ3) is 2.62. The summed E-state index contributed by atoms with van der Waals surface area (Å²) >= 11 is 0. The Bertz CT molecular complexity index is 490. The van der Waals surface area contributed by atoms with E-state index in [9.17, 15) is 4.79 Å². The molecule has 0 fully saturated rings. The van der Waals surface area contributed by atoms with E-state index in [0.29, 0.717) is 12.1 Å². The molecule has 0 aliphatic carbocycles. The second-order valence-electron chi connectivity index (χ2n) is 4.52. The van der Waals surface area contributed by atoms with Crippen LogP contribution in [0.1, 0.15) is 31.7 Å². The average molecular weight is 243 g/mol. The molecule has 0 atom stereocenters. The number of benzene rings is 1. The molecule has 4 nitrogen and oxygen atoms in total. The zero-order valence-electron chi connectivity index (χ0n) is 10.6. The molecule has 4 heteroatoms. The Kier molecular flexibility index (Phi) is 3.83. The normalized spacial score (nSPS) is 13.8. The molecule has 18 heavy (non-hydrogen) atoms. The third-order valence-corrected chi connectivity index (χ3v) is 3.11. The lowest BCUT2D eigenvalue weighted by Crippen LogP contribution is -2.38. The van der Waals surface area contributed by atoms with Crippen LogP contribution >= 0.6 is 0 Å². The first-order valence-electron chi connectivity index (χ1n) is 6.33. The van der Waals surface area contributed by atoms with Gasteiger partial charge in [0, 0.05) is 6.54 Å². The largest absolute Gasteiger partial charge is 0.361 e. The van der Waals surface area contributed by atoms with Crippen molar-refractivity contribution in [1.82, 2.24) is 0 Å². The van der Waals surface area contributed by atoms with Gasteiger partial charge in [0.2, 0.25) is 5.91 Å². The first-order chi connectivity index (χ1) is 8.74. The maximum atomic E-state index is 11.6. The summed E-state index contributed by atoms with van der Waals surface area (Å²) in [5.74, 6) is -0.00547. The molecule has 2 rings (SSSR count). The van der Waals surface area contributed by atoms with E-state index in [4.69, 9.17) is 5.26 Å². The van der Waals surface area contributed by atoms with Crippen molar-refractivity contribution in [2.24, 2.45) is 0 Å². The molecule has 0 radical (unpaired) electrons. The van der Waals surface area contributed by atoms with Crippen molar-refractivity contribution in [3.05, 3.63) is 23.8 Å². The highest BCUT2D eigenvalue weighted by molar-refractivity contribution is 6.01. The van der Waals surface area contributed by atoms with Gasteiger partial charge in [-0.2, -0.15) is 5.26 Å². The molecule has 1 heterocycles. The van der Waals surface area contributed by atoms with Gasteiger partial charge in [0.1, 0.15) is 0 Å². The molecular weight excluding hydrogens is 226 g/mol. The minimum atomic E-state index is -0.00547. The highest BCUT2D eigenvalue weighted by Crippen LogP contribution is 2.30. The summed E-state index contributed by atoms with van der Waals surface area (Å²) in [6.45, 7) is 3.46. The number of anilines is 2. The molecule has 1 amide bonds. The van der Waals surface area contributed by atoms with Crippen molar-refractivity contribution >= 4 is 17.3 Å². The first-order valence-corrected chi connectivity index (χ1v) is 6.33. The number of amides is 1. The summed E-state index contributed by atoms with van der Waals surface area (Å²) in [4.78, 5) is 13.7. The summed E-state index contributed by atoms with van der Waals surface area (Å²) in [5.41, 5.74) is 2.34. The molecule has 0 saturated carbocycles. The molecule has 1 aliphatic rings. The number of nitriles is 1. The van der Waals surface area contributed by atoms with Gasteiger partial charge in [0.15, 0.2) is 0 Å². The molecule has 1 aromatic rings. The molecule has 0 aromatic heterocycles. The molecule has 0 spiro atoms. The highest BCUT2D eigenvalue weighted by atomic mass is 16.2. The van der Waals surface area contributed by atoms with Crippen molar-refractivity contribution in [1.29, 1.82) is 5.26 Å². The summed E-state index contributed by atoms with van der Waals surface area (Å²) in [6.07, 6.45) is 3.42. The molecule has 0 saturated heterocycles. The Morgan fingerprint density at radius 2 is 2.28 bits per heavy atom. The predicted octanol–water partition coefficient (Wildman–Crippen LogP) is 2.51. The maximum absolute atomic E-state index is 11.6.